The Morgan fingerprint density at radius 1 is 0.676 bits per heavy atom. The van der Waals surface area contributed by atoms with Crippen molar-refractivity contribution in [3.63, 3.8) is 0 Å². The van der Waals surface area contributed by atoms with E-state index in [-0.39, 0.29) is 16.6 Å². The van der Waals surface area contributed by atoms with E-state index in [0.29, 0.717) is 0 Å². The summed E-state index contributed by atoms with van der Waals surface area (Å²) in [6, 6.07) is 19.6. The van der Waals surface area contributed by atoms with E-state index in [1.165, 1.54) is 32.3 Å². The first kappa shape index (κ1) is 22.3. The quantitative estimate of drug-likeness (QED) is 0.225. The zero-order chi connectivity index (χ0) is 24.3. The van der Waals surface area contributed by atoms with Crippen LogP contribution in [0.5, 0.6) is 0 Å². The predicted octanol–water partition coefficient (Wildman–Crippen LogP) is 8.41. The highest BCUT2D eigenvalue weighted by Gasteiger charge is 2.33. The van der Waals surface area contributed by atoms with Gasteiger partial charge < -0.3 is 0 Å². The van der Waals surface area contributed by atoms with Crippen molar-refractivity contribution in [3.05, 3.63) is 95.2 Å². The van der Waals surface area contributed by atoms with Crippen LogP contribution in [0.3, 0.4) is 0 Å². The monoisotopic (exact) mass is 445 g/mol. The summed E-state index contributed by atoms with van der Waals surface area (Å²) in [7, 11) is 0. The number of carbonyl (C=O) groups excluding carboxylic acids is 1. The maximum absolute atomic E-state index is 13.2. The highest BCUT2D eigenvalue weighted by atomic mass is 16.1. The molecule has 0 N–H and O–H groups in total. The van der Waals surface area contributed by atoms with Gasteiger partial charge in [-0.05, 0) is 60.9 Å². The van der Waals surface area contributed by atoms with Gasteiger partial charge in [-0.2, -0.15) is 0 Å². The van der Waals surface area contributed by atoms with Gasteiger partial charge in [0, 0.05) is 29.1 Å². The van der Waals surface area contributed by atoms with Crippen LogP contribution in [0.25, 0.3) is 32.3 Å². The van der Waals surface area contributed by atoms with Crippen LogP contribution in [-0.4, -0.2) is 12.0 Å². The lowest BCUT2D eigenvalue weighted by atomic mass is 9.72. The highest BCUT2D eigenvalue weighted by Crippen LogP contribution is 2.39. The Hall–Kier alpha value is -3.52. The topological polar surface area (TPSA) is 29.4 Å². The average Bonchev–Trinajstić information content (AvgIpc) is 2.77. The Morgan fingerprint density at radius 2 is 1.21 bits per heavy atom. The number of ketones is 1. The molecular formula is C32H31NO. The second-order valence-electron chi connectivity index (χ2n) is 11.4. The molecule has 0 aromatic heterocycles. The van der Waals surface area contributed by atoms with Crippen molar-refractivity contribution in [2.45, 2.75) is 41.5 Å². The number of Topliss-reactive ketones (excluding diaryl/α,β-unsaturated/α-hetero) is 1. The van der Waals surface area contributed by atoms with Gasteiger partial charge in [0.2, 0.25) is 0 Å². The molecule has 2 nitrogen and oxygen atoms in total. The van der Waals surface area contributed by atoms with Crippen molar-refractivity contribution in [1.29, 1.82) is 0 Å². The lowest BCUT2D eigenvalue weighted by molar-refractivity contribution is -0.114. The molecule has 0 atom stereocenters. The summed E-state index contributed by atoms with van der Waals surface area (Å²) >= 11 is 0. The van der Waals surface area contributed by atoms with E-state index in [1.54, 1.807) is 0 Å². The van der Waals surface area contributed by atoms with Gasteiger partial charge >= 0.3 is 0 Å². The van der Waals surface area contributed by atoms with Gasteiger partial charge in [-0.1, -0.05) is 96.1 Å². The molecule has 0 saturated heterocycles. The molecule has 0 unspecified atom stereocenters. The minimum atomic E-state index is -0.225. The van der Waals surface area contributed by atoms with Crippen LogP contribution in [0.1, 0.15) is 47.1 Å². The fraction of sp³-hybridized carbons (Fsp3) is 0.250. The van der Waals surface area contributed by atoms with Gasteiger partial charge in [0.1, 0.15) is 0 Å². The third-order valence-electron chi connectivity index (χ3n) is 6.73. The van der Waals surface area contributed by atoms with Crippen molar-refractivity contribution < 1.29 is 4.79 Å². The molecule has 0 bridgehead atoms. The summed E-state index contributed by atoms with van der Waals surface area (Å²) in [5, 5.41) is 7.58. The predicted molar refractivity (Wildman–Crippen MR) is 146 cm³/mol. The molecule has 0 aliphatic heterocycles. The van der Waals surface area contributed by atoms with Gasteiger partial charge in [-0.25, -0.2) is 0 Å². The summed E-state index contributed by atoms with van der Waals surface area (Å²) in [6.45, 7) is 12.5. The number of hydrogen-bond donors (Lipinski definition) is 0. The zero-order valence-electron chi connectivity index (χ0n) is 20.9. The Morgan fingerprint density at radius 3 is 1.79 bits per heavy atom. The molecular weight excluding hydrogens is 414 g/mol. The minimum absolute atomic E-state index is 0.146. The molecule has 1 aliphatic rings. The normalized spacial score (nSPS) is 15.6. The molecule has 170 valence electrons. The Bertz CT molecular complexity index is 1510. The lowest BCUT2D eigenvalue weighted by Gasteiger charge is -2.31. The zero-order valence-corrected chi connectivity index (χ0v) is 20.9. The van der Waals surface area contributed by atoms with Gasteiger partial charge in [0.25, 0.3) is 0 Å². The third-order valence-corrected chi connectivity index (χ3v) is 6.73. The van der Waals surface area contributed by atoms with E-state index in [1.807, 2.05) is 24.6 Å². The van der Waals surface area contributed by atoms with Crippen molar-refractivity contribution in [3.8, 4) is 0 Å². The Kier molecular flexibility index (Phi) is 5.09. The van der Waals surface area contributed by atoms with E-state index in [0.717, 1.165) is 22.3 Å². The van der Waals surface area contributed by atoms with Gasteiger partial charge in [0.15, 0.2) is 5.78 Å². The summed E-state index contributed by atoms with van der Waals surface area (Å²) in [6.07, 6.45) is 7.81. The molecule has 0 amide bonds. The van der Waals surface area contributed by atoms with Crippen LogP contribution < -0.4 is 0 Å². The van der Waals surface area contributed by atoms with Crippen LogP contribution in [-0.2, 0) is 4.79 Å². The second-order valence-corrected chi connectivity index (χ2v) is 11.4. The minimum Gasteiger partial charge on any atom is -0.289 e. The Labute approximate surface area is 201 Å². The number of hydrogen-bond acceptors (Lipinski definition) is 2. The molecule has 0 fully saturated rings. The molecule has 4 aromatic carbocycles. The second kappa shape index (κ2) is 7.77. The molecule has 5 rings (SSSR count). The number of benzene rings is 4. The maximum atomic E-state index is 13.2. The van der Waals surface area contributed by atoms with Crippen molar-refractivity contribution in [2.75, 3.05) is 0 Å². The number of rotatable bonds is 2. The van der Waals surface area contributed by atoms with Crippen molar-refractivity contribution in [1.82, 2.24) is 0 Å². The molecule has 2 heteroatoms. The van der Waals surface area contributed by atoms with Crippen molar-refractivity contribution in [2.24, 2.45) is 15.8 Å². The largest absolute Gasteiger partial charge is 0.289 e. The first-order valence-electron chi connectivity index (χ1n) is 11.9. The van der Waals surface area contributed by atoms with E-state index in [9.17, 15) is 4.79 Å². The van der Waals surface area contributed by atoms with E-state index >= 15 is 0 Å². The summed E-state index contributed by atoms with van der Waals surface area (Å²) in [5.74, 6) is 0.146. The number of allylic oxidation sites excluding steroid dienone is 5. The summed E-state index contributed by atoms with van der Waals surface area (Å²) in [4.78, 5) is 17.9. The lowest BCUT2D eigenvalue weighted by Crippen LogP contribution is -2.27. The smallest absolute Gasteiger partial charge is 0.186 e. The van der Waals surface area contributed by atoms with Crippen LogP contribution >= 0.6 is 0 Å². The molecule has 0 saturated carbocycles. The SMILES string of the molecule is CC(C)(C)C1=CC(=CN=Cc2ccc3ccc4cccc5ccc2c3c45)C=C(C(C)(C)C)C1=O. The van der Waals surface area contributed by atoms with Crippen LogP contribution in [0.2, 0.25) is 0 Å². The maximum Gasteiger partial charge on any atom is 0.186 e. The summed E-state index contributed by atoms with van der Waals surface area (Å²) < 4.78 is 0. The standard InChI is InChI=1S/C32H31NO/c1-31(2,3)26-16-20(17-27(30(26)34)32(4,5)6)18-33-19-24-13-12-23-11-10-21-8-7-9-22-14-15-25(24)29(23)28(21)22/h7-19H,1-6H3. The molecule has 0 radical (unpaired) electrons. The number of carbonyl (C=O) groups is 1. The molecule has 1 aliphatic carbocycles. The van der Waals surface area contributed by atoms with E-state index in [2.05, 4.69) is 96.1 Å². The van der Waals surface area contributed by atoms with E-state index in [4.69, 9.17) is 4.99 Å². The van der Waals surface area contributed by atoms with Crippen LogP contribution in [0, 0.1) is 10.8 Å². The highest BCUT2D eigenvalue weighted by molar-refractivity contribution is 6.25. The fourth-order valence-corrected chi connectivity index (χ4v) is 4.91. The number of nitrogens with zero attached hydrogens (tertiary/aromatic N) is 1. The first-order chi connectivity index (χ1) is 16.0. The number of aliphatic imine (C=N–C) groups is 1. The average molecular weight is 446 g/mol. The van der Waals surface area contributed by atoms with Crippen LogP contribution in [0.4, 0.5) is 0 Å². The van der Waals surface area contributed by atoms with Gasteiger partial charge in [-0.3, -0.25) is 9.79 Å². The first-order valence-corrected chi connectivity index (χ1v) is 11.9. The van der Waals surface area contributed by atoms with E-state index < -0.39 is 0 Å². The third kappa shape index (κ3) is 3.77. The van der Waals surface area contributed by atoms with Crippen molar-refractivity contribution >= 4 is 44.3 Å². The molecule has 0 spiro atoms. The molecule has 4 aromatic rings. The summed E-state index contributed by atoms with van der Waals surface area (Å²) in [5.41, 5.74) is 3.28. The van der Waals surface area contributed by atoms with Gasteiger partial charge in [0.05, 0.1) is 0 Å². The molecule has 34 heavy (non-hydrogen) atoms. The van der Waals surface area contributed by atoms with Gasteiger partial charge in [-0.15, -0.1) is 0 Å². The molecule has 0 heterocycles. The van der Waals surface area contributed by atoms with Crippen LogP contribution in [0.15, 0.2) is 94.7 Å². The fourth-order valence-electron chi connectivity index (χ4n) is 4.91. The Balaban J connectivity index is 1.60.